The van der Waals surface area contributed by atoms with Crippen molar-refractivity contribution >= 4 is 80.9 Å². The molecule has 21 heteroatoms. The smallest absolute Gasteiger partial charge is 0.477 e. The van der Waals surface area contributed by atoms with E-state index in [0.29, 0.717) is 29.8 Å². The molecular weight excluding hydrogens is 671 g/mol. The largest absolute Gasteiger partial charge is 0.490 e. The first-order valence-electron chi connectivity index (χ1n) is 12.2. The number of nitrogens with one attached hydrogen (secondary N) is 1. The van der Waals surface area contributed by atoms with Gasteiger partial charge in [-0.15, -0.1) is 23.1 Å². The third-order valence-corrected chi connectivity index (χ3v) is 8.58. The molecule has 5 rings (SSSR count). The van der Waals surface area contributed by atoms with Gasteiger partial charge in [-0.3, -0.25) is 19.3 Å². The van der Waals surface area contributed by atoms with Crippen molar-refractivity contribution in [3.05, 3.63) is 57.5 Å². The van der Waals surface area contributed by atoms with E-state index in [4.69, 9.17) is 27.2 Å². The van der Waals surface area contributed by atoms with Gasteiger partial charge in [0.15, 0.2) is 16.0 Å². The van der Waals surface area contributed by atoms with E-state index in [1.165, 1.54) is 34.3 Å². The van der Waals surface area contributed by atoms with E-state index in [-0.39, 0.29) is 33.3 Å². The van der Waals surface area contributed by atoms with E-state index in [1.807, 2.05) is 0 Å². The van der Waals surface area contributed by atoms with Crippen LogP contribution in [0.25, 0.3) is 0 Å². The van der Waals surface area contributed by atoms with Crippen molar-refractivity contribution in [3.8, 4) is 0 Å². The zero-order chi connectivity index (χ0) is 33.2. The summed E-state index contributed by atoms with van der Waals surface area (Å²) >= 11 is 8.40. The van der Waals surface area contributed by atoms with Crippen molar-refractivity contribution in [2.75, 3.05) is 22.9 Å². The summed E-state index contributed by atoms with van der Waals surface area (Å²) in [6.07, 6.45) is -1.72. The Morgan fingerprint density at radius 1 is 1.24 bits per heavy atom. The second kappa shape index (κ2) is 13.1. The van der Waals surface area contributed by atoms with Gasteiger partial charge in [0.05, 0.1) is 5.69 Å². The van der Waals surface area contributed by atoms with Crippen molar-refractivity contribution in [2.45, 2.75) is 24.0 Å². The number of thioether (sulfide) groups is 1. The maximum atomic E-state index is 13.0. The number of alkyl halides is 3. The Morgan fingerprint density at radius 3 is 2.49 bits per heavy atom. The highest BCUT2D eigenvalue weighted by Gasteiger charge is 2.54. The highest BCUT2D eigenvalue weighted by molar-refractivity contribution is 8.00. The molecule has 2 aromatic heterocycles. The van der Waals surface area contributed by atoms with Crippen LogP contribution in [0.3, 0.4) is 0 Å². The Labute approximate surface area is 262 Å². The fraction of sp³-hybridized carbons (Fsp3) is 0.250. The monoisotopic (exact) mass is 689 g/mol. The van der Waals surface area contributed by atoms with Crippen molar-refractivity contribution in [1.29, 1.82) is 0 Å². The van der Waals surface area contributed by atoms with Gasteiger partial charge in [0.25, 0.3) is 17.7 Å². The number of allylic oxidation sites excluding steroid dienone is 1. The average Bonchev–Trinajstić information content (AvgIpc) is 3.56. The number of aromatic nitrogens is 2. The van der Waals surface area contributed by atoms with Gasteiger partial charge in [-0.25, -0.2) is 19.6 Å². The molecule has 6 N–H and O–H groups in total. The lowest BCUT2D eigenvalue weighted by Gasteiger charge is -2.49. The lowest BCUT2D eigenvalue weighted by molar-refractivity contribution is -0.192. The first kappa shape index (κ1) is 33.2. The Morgan fingerprint density at radius 2 is 1.93 bits per heavy atom. The zero-order valence-corrected chi connectivity index (χ0v) is 24.6. The van der Waals surface area contributed by atoms with E-state index in [9.17, 15) is 42.7 Å². The zero-order valence-electron chi connectivity index (χ0n) is 22.2. The molecule has 0 radical (unpaired) electrons. The first-order chi connectivity index (χ1) is 21.1. The molecule has 3 aliphatic rings. The maximum absolute atomic E-state index is 13.0. The highest BCUT2D eigenvalue weighted by Crippen LogP contribution is 2.41. The minimum Gasteiger partial charge on any atom is -0.477 e. The molecular formula is C24H19ClF3N7O8S2. The van der Waals surface area contributed by atoms with Crippen LogP contribution in [0.5, 0.6) is 0 Å². The van der Waals surface area contributed by atoms with E-state index >= 15 is 0 Å². The van der Waals surface area contributed by atoms with E-state index < -0.39 is 47.1 Å². The SMILES string of the molecule is Nc1nc(C(=NO)C(=O)N[C@@H]2C(=O)N3C(C(=O)O)=C(C=C4CCN(c5cccnc5Cl)C4=O)CS[C@H]23)cs1.O=C(O)C(F)(F)F. The van der Waals surface area contributed by atoms with Gasteiger partial charge in [-0.1, -0.05) is 16.8 Å². The van der Waals surface area contributed by atoms with Crippen molar-refractivity contribution < 1.29 is 52.6 Å². The molecule has 0 aliphatic carbocycles. The number of oxime groups is 1. The molecule has 3 amide bonds. The summed E-state index contributed by atoms with van der Waals surface area (Å²) in [5.74, 6) is -5.77. The summed E-state index contributed by atoms with van der Waals surface area (Å²) in [5.41, 5.74) is 6.05. The Balaban J connectivity index is 0.000000591. The van der Waals surface area contributed by atoms with Crippen LogP contribution in [-0.4, -0.2) is 95.5 Å². The van der Waals surface area contributed by atoms with Crippen molar-refractivity contribution in [3.63, 3.8) is 0 Å². The summed E-state index contributed by atoms with van der Waals surface area (Å²) in [6.45, 7) is 0.345. The van der Waals surface area contributed by atoms with Crippen molar-refractivity contribution in [1.82, 2.24) is 20.2 Å². The Bertz CT molecular complexity index is 1680. The van der Waals surface area contributed by atoms with Gasteiger partial charge in [-0.2, -0.15) is 13.2 Å². The van der Waals surface area contributed by atoms with E-state index in [2.05, 4.69) is 20.4 Å². The van der Waals surface area contributed by atoms with Crippen LogP contribution in [0.1, 0.15) is 12.1 Å². The van der Waals surface area contributed by atoms with Crippen LogP contribution in [-0.2, 0) is 24.0 Å². The fourth-order valence-electron chi connectivity index (χ4n) is 4.34. The molecule has 0 unspecified atom stereocenters. The number of nitrogens with two attached hydrogens (primary N) is 1. The number of hydrogen-bond donors (Lipinski definition) is 5. The van der Waals surface area contributed by atoms with Gasteiger partial charge in [0.2, 0.25) is 0 Å². The number of amides is 3. The molecule has 2 aromatic rings. The third kappa shape index (κ3) is 6.86. The van der Waals surface area contributed by atoms with E-state index in [1.54, 1.807) is 12.1 Å². The molecule has 5 heterocycles. The summed E-state index contributed by atoms with van der Waals surface area (Å²) in [7, 11) is 0. The van der Waals surface area contributed by atoms with Gasteiger partial charge >= 0.3 is 18.1 Å². The summed E-state index contributed by atoms with van der Waals surface area (Å²) < 4.78 is 31.7. The molecule has 0 bridgehead atoms. The molecule has 2 saturated heterocycles. The van der Waals surface area contributed by atoms with Crippen molar-refractivity contribution in [2.24, 2.45) is 5.16 Å². The van der Waals surface area contributed by atoms with Crippen LogP contribution < -0.4 is 16.0 Å². The number of anilines is 2. The number of thiazole rings is 1. The number of rotatable bonds is 6. The molecule has 2 fully saturated rings. The van der Waals surface area contributed by atoms with Crippen LogP contribution in [0.15, 0.2) is 51.8 Å². The first-order valence-corrected chi connectivity index (χ1v) is 14.5. The number of hydrogen-bond acceptors (Lipinski definition) is 12. The number of halogens is 4. The lowest BCUT2D eigenvalue weighted by Crippen LogP contribution is -2.71. The molecule has 2 atom stereocenters. The van der Waals surface area contributed by atoms with Crippen LogP contribution in [0, 0.1) is 0 Å². The molecule has 0 saturated carbocycles. The minimum atomic E-state index is -5.08. The quantitative estimate of drug-likeness (QED) is 0.0729. The molecule has 238 valence electrons. The molecule has 15 nitrogen and oxygen atoms in total. The molecule has 0 aromatic carbocycles. The standard InChI is InChI=1S/C22H18ClN7O6S2.C2HF3O2/c23-16-12(2-1-4-25-16)29-5-3-9(18(29)32)6-10-7-37-20-14(19(33)30(20)15(10)21(34)35)27-17(31)13(28-36)11-8-38-22(24)26-11;3-2(4,5)1(6)7/h1-2,4,6,8,14,20,36H,3,5,7H2,(H2,24,26)(H,27,31)(H,34,35);(H,6,7)/t14-,20-;/m1./s1. The summed E-state index contributed by atoms with van der Waals surface area (Å²) in [5, 5.41) is 32.9. The number of nitrogens with zero attached hydrogens (tertiary/aromatic N) is 5. The van der Waals surface area contributed by atoms with Crippen LogP contribution in [0.2, 0.25) is 5.15 Å². The second-order valence-electron chi connectivity index (χ2n) is 9.05. The van der Waals surface area contributed by atoms with E-state index in [0.717, 1.165) is 16.2 Å². The highest BCUT2D eigenvalue weighted by atomic mass is 35.5. The molecule has 45 heavy (non-hydrogen) atoms. The number of β-lactam (4-membered cyclic amide) rings is 1. The third-order valence-electron chi connectivity index (χ3n) is 6.31. The average molecular weight is 690 g/mol. The fourth-order valence-corrected chi connectivity index (χ4v) is 6.41. The lowest BCUT2D eigenvalue weighted by atomic mass is 10.0. The normalized spacial score (nSPS) is 20.8. The number of fused-ring (bicyclic) bond motifs is 1. The second-order valence-corrected chi connectivity index (χ2v) is 11.4. The molecule has 0 spiro atoms. The number of carbonyl (C=O) groups excluding carboxylic acids is 3. The number of carboxylic acid groups (broad SMARTS) is 2. The molecule has 3 aliphatic heterocycles. The number of aliphatic carboxylic acids is 2. The van der Waals surface area contributed by atoms with Gasteiger partial charge in [-0.05, 0) is 30.2 Å². The minimum absolute atomic E-state index is 0.0373. The van der Waals surface area contributed by atoms with Gasteiger partial charge < -0.3 is 31.4 Å². The topological polar surface area (TPSA) is 229 Å². The summed E-state index contributed by atoms with van der Waals surface area (Å²) in [6, 6.07) is 2.27. The van der Waals surface area contributed by atoms with Gasteiger partial charge in [0, 0.05) is 29.4 Å². The number of nitrogen functional groups attached to an aromatic ring is 1. The van der Waals surface area contributed by atoms with Crippen LogP contribution in [0.4, 0.5) is 24.0 Å². The predicted octanol–water partition coefficient (Wildman–Crippen LogP) is 1.69. The predicted molar refractivity (Wildman–Crippen MR) is 153 cm³/mol. The Hall–Kier alpha value is -4.69. The number of pyridine rings is 1. The Kier molecular flexibility index (Phi) is 9.68. The van der Waals surface area contributed by atoms with Crippen LogP contribution >= 0.6 is 34.7 Å². The summed E-state index contributed by atoms with van der Waals surface area (Å²) in [4.78, 5) is 70.2. The number of carboxylic acids is 2. The van der Waals surface area contributed by atoms with Gasteiger partial charge in [0.1, 0.15) is 22.8 Å². The number of carbonyl (C=O) groups is 5. The maximum Gasteiger partial charge on any atom is 0.490 e.